The SMILES string of the molecule is CCCCC1=C(CCCC)P(=O)(c2ccccc2)c2cc(N(Cc3ccccc3)Cc3ccccc3)ccc21. The van der Waals surface area contributed by atoms with Crippen LogP contribution in [0.3, 0.4) is 0 Å². The van der Waals surface area contributed by atoms with Gasteiger partial charge in [0.1, 0.15) is 0 Å². The van der Waals surface area contributed by atoms with E-state index in [2.05, 4.69) is 110 Å². The number of unbranched alkanes of at least 4 members (excludes halogenated alkanes) is 2. The van der Waals surface area contributed by atoms with E-state index in [0.29, 0.717) is 0 Å². The zero-order valence-electron chi connectivity index (χ0n) is 23.4. The van der Waals surface area contributed by atoms with Crippen molar-refractivity contribution in [3.8, 4) is 0 Å². The summed E-state index contributed by atoms with van der Waals surface area (Å²) < 4.78 is 15.5. The first-order valence-corrected chi connectivity index (χ1v) is 16.2. The lowest BCUT2D eigenvalue weighted by Gasteiger charge is -2.27. The Morgan fingerprint density at radius 3 is 1.74 bits per heavy atom. The van der Waals surface area contributed by atoms with E-state index < -0.39 is 7.14 Å². The minimum Gasteiger partial charge on any atom is -0.363 e. The molecule has 0 saturated carbocycles. The zero-order chi connectivity index (χ0) is 27.1. The van der Waals surface area contributed by atoms with Gasteiger partial charge in [0.15, 0.2) is 7.14 Å². The highest BCUT2D eigenvalue weighted by atomic mass is 31.2. The molecule has 0 aromatic heterocycles. The first-order chi connectivity index (χ1) is 19.1. The third-order valence-corrected chi connectivity index (χ3v) is 11.2. The lowest BCUT2D eigenvalue weighted by molar-refractivity contribution is 0.589. The molecule has 3 heteroatoms. The number of rotatable bonds is 12. The molecular weight excluding hydrogens is 493 g/mol. The molecule has 200 valence electrons. The summed E-state index contributed by atoms with van der Waals surface area (Å²) in [5, 5.41) is 3.21. The van der Waals surface area contributed by atoms with Crippen molar-refractivity contribution in [1.82, 2.24) is 0 Å². The summed E-state index contributed by atoms with van der Waals surface area (Å²) in [6.45, 7) is 6.06. The highest BCUT2D eigenvalue weighted by molar-refractivity contribution is 7.83. The van der Waals surface area contributed by atoms with Gasteiger partial charge < -0.3 is 9.46 Å². The Kier molecular flexibility index (Phi) is 8.84. The van der Waals surface area contributed by atoms with Gasteiger partial charge in [-0.05, 0) is 60.1 Å². The number of anilines is 1. The fourth-order valence-corrected chi connectivity index (χ4v) is 9.21. The summed E-state index contributed by atoms with van der Waals surface area (Å²) >= 11 is 0. The lowest BCUT2D eigenvalue weighted by atomic mass is 9.98. The normalized spacial score (nSPS) is 16.4. The Morgan fingerprint density at radius 1 is 0.641 bits per heavy atom. The first-order valence-electron chi connectivity index (χ1n) is 14.5. The van der Waals surface area contributed by atoms with Crippen LogP contribution in [0.15, 0.2) is 115 Å². The van der Waals surface area contributed by atoms with E-state index in [9.17, 15) is 0 Å². The summed E-state index contributed by atoms with van der Waals surface area (Å²) in [5.74, 6) is 0. The van der Waals surface area contributed by atoms with Crippen LogP contribution in [-0.4, -0.2) is 0 Å². The van der Waals surface area contributed by atoms with Gasteiger partial charge in [-0.3, -0.25) is 0 Å². The quantitative estimate of drug-likeness (QED) is 0.169. The molecule has 1 aliphatic rings. The summed E-state index contributed by atoms with van der Waals surface area (Å²) in [6.07, 6.45) is 6.32. The van der Waals surface area contributed by atoms with E-state index in [1.807, 2.05) is 18.2 Å². The Balaban J connectivity index is 1.64. The Morgan fingerprint density at radius 2 is 1.18 bits per heavy atom. The molecule has 5 rings (SSSR count). The van der Waals surface area contributed by atoms with Crippen molar-refractivity contribution in [2.24, 2.45) is 0 Å². The largest absolute Gasteiger partial charge is 0.363 e. The molecule has 1 aliphatic heterocycles. The molecule has 0 bridgehead atoms. The number of nitrogens with zero attached hydrogens (tertiary/aromatic N) is 1. The maximum Gasteiger partial charge on any atom is 0.168 e. The van der Waals surface area contributed by atoms with E-state index in [1.165, 1.54) is 27.6 Å². The molecule has 2 nitrogen and oxygen atoms in total. The average molecular weight is 534 g/mol. The van der Waals surface area contributed by atoms with Gasteiger partial charge in [0.2, 0.25) is 0 Å². The third-order valence-electron chi connectivity index (χ3n) is 7.84. The minimum absolute atomic E-state index is 0.795. The standard InChI is InChI=1S/C36H40NOP/c1-3-5-22-33-34-25-24-31(37(27-29-16-10-7-11-17-29)28-30-18-12-8-13-19-30)26-36(34)39(38,35(33)23-6-4-2)32-20-14-9-15-21-32/h7-21,24-26H,3-6,22-23,27-28H2,1-2H3. The molecule has 1 atom stereocenters. The highest BCUT2D eigenvalue weighted by Gasteiger charge is 2.41. The molecule has 0 radical (unpaired) electrons. The molecule has 0 spiro atoms. The Hall–Kier alpha value is -3.35. The van der Waals surface area contributed by atoms with Crippen LogP contribution in [0.5, 0.6) is 0 Å². The zero-order valence-corrected chi connectivity index (χ0v) is 24.2. The van der Waals surface area contributed by atoms with Crippen molar-refractivity contribution in [2.75, 3.05) is 4.90 Å². The van der Waals surface area contributed by atoms with Crippen LogP contribution >= 0.6 is 7.14 Å². The molecular formula is C36H40NOP. The molecule has 39 heavy (non-hydrogen) atoms. The first kappa shape index (κ1) is 27.2. The van der Waals surface area contributed by atoms with Gasteiger partial charge in [0.25, 0.3) is 0 Å². The van der Waals surface area contributed by atoms with Crippen molar-refractivity contribution in [2.45, 2.75) is 65.5 Å². The molecule has 0 amide bonds. The van der Waals surface area contributed by atoms with E-state index in [1.54, 1.807) is 0 Å². The maximum absolute atomic E-state index is 15.5. The highest BCUT2D eigenvalue weighted by Crippen LogP contribution is 2.62. The van der Waals surface area contributed by atoms with Gasteiger partial charge in [-0.15, -0.1) is 0 Å². The maximum atomic E-state index is 15.5. The van der Waals surface area contributed by atoms with E-state index in [-0.39, 0.29) is 0 Å². The third kappa shape index (κ3) is 5.82. The second kappa shape index (κ2) is 12.7. The average Bonchev–Trinajstić information content (AvgIpc) is 3.23. The van der Waals surface area contributed by atoms with E-state index in [4.69, 9.17) is 0 Å². The molecule has 0 aliphatic carbocycles. The predicted octanol–water partition coefficient (Wildman–Crippen LogP) is 9.31. The fraction of sp³-hybridized carbons (Fsp3) is 0.278. The second-order valence-electron chi connectivity index (χ2n) is 10.6. The number of hydrogen-bond donors (Lipinski definition) is 0. The van der Waals surface area contributed by atoms with Gasteiger partial charge in [0.05, 0.1) is 0 Å². The van der Waals surface area contributed by atoms with Gasteiger partial charge in [0, 0.05) is 34.7 Å². The van der Waals surface area contributed by atoms with Crippen LogP contribution in [0, 0.1) is 0 Å². The molecule has 0 fully saturated rings. The van der Waals surface area contributed by atoms with Crippen molar-refractivity contribution in [3.05, 3.63) is 131 Å². The smallest absolute Gasteiger partial charge is 0.168 e. The van der Waals surface area contributed by atoms with Crippen LogP contribution in [0.1, 0.15) is 69.1 Å². The summed E-state index contributed by atoms with van der Waals surface area (Å²) in [4.78, 5) is 2.43. The second-order valence-corrected chi connectivity index (χ2v) is 13.4. The Bertz CT molecular complexity index is 1400. The van der Waals surface area contributed by atoms with Crippen molar-refractivity contribution in [1.29, 1.82) is 0 Å². The molecule has 0 N–H and O–H groups in total. The van der Waals surface area contributed by atoms with Crippen LogP contribution in [0.4, 0.5) is 5.69 Å². The predicted molar refractivity (Wildman–Crippen MR) is 168 cm³/mol. The number of fused-ring (bicyclic) bond motifs is 1. The van der Waals surface area contributed by atoms with Crippen LogP contribution in [0.2, 0.25) is 0 Å². The van der Waals surface area contributed by atoms with Crippen molar-refractivity contribution >= 4 is 29.0 Å². The molecule has 0 saturated heterocycles. The molecule has 1 heterocycles. The van der Waals surface area contributed by atoms with Crippen LogP contribution < -0.4 is 15.5 Å². The molecule has 4 aromatic rings. The monoisotopic (exact) mass is 533 g/mol. The summed E-state index contributed by atoms with van der Waals surface area (Å²) in [7, 11) is -2.93. The number of benzene rings is 4. The van der Waals surface area contributed by atoms with Gasteiger partial charge in [-0.2, -0.15) is 0 Å². The van der Waals surface area contributed by atoms with Gasteiger partial charge in [-0.25, -0.2) is 0 Å². The van der Waals surface area contributed by atoms with E-state index in [0.717, 1.165) is 67.9 Å². The lowest BCUT2D eigenvalue weighted by Crippen LogP contribution is -2.24. The minimum atomic E-state index is -2.93. The topological polar surface area (TPSA) is 20.3 Å². The van der Waals surface area contributed by atoms with Crippen molar-refractivity contribution < 1.29 is 4.57 Å². The van der Waals surface area contributed by atoms with Crippen LogP contribution in [0.25, 0.3) is 5.57 Å². The van der Waals surface area contributed by atoms with Gasteiger partial charge >= 0.3 is 0 Å². The molecule has 1 unspecified atom stereocenters. The number of hydrogen-bond acceptors (Lipinski definition) is 2. The summed E-state index contributed by atoms with van der Waals surface area (Å²) in [6, 6.07) is 38.4. The van der Waals surface area contributed by atoms with Crippen LogP contribution in [-0.2, 0) is 17.7 Å². The molecule has 4 aromatic carbocycles. The fourth-order valence-electron chi connectivity index (χ4n) is 5.79. The van der Waals surface area contributed by atoms with Crippen molar-refractivity contribution in [3.63, 3.8) is 0 Å². The Labute approximate surface area is 234 Å². The van der Waals surface area contributed by atoms with E-state index >= 15 is 4.57 Å². The van der Waals surface area contributed by atoms with Gasteiger partial charge in [-0.1, -0.05) is 124 Å². The summed E-state index contributed by atoms with van der Waals surface area (Å²) in [5.41, 5.74) is 6.22. The number of allylic oxidation sites excluding steroid dienone is 2.